The maximum atomic E-state index is 12.6. The maximum Gasteiger partial charge on any atom is 0.193 e. The van der Waals surface area contributed by atoms with E-state index >= 15 is 0 Å². The van der Waals surface area contributed by atoms with E-state index in [0.29, 0.717) is 0 Å². The van der Waals surface area contributed by atoms with Gasteiger partial charge in [0.2, 0.25) is 0 Å². The molecule has 0 bridgehead atoms. The van der Waals surface area contributed by atoms with Gasteiger partial charge in [-0.25, -0.2) is 0 Å². The molecule has 0 aliphatic rings. The van der Waals surface area contributed by atoms with Gasteiger partial charge in [0, 0.05) is 11.1 Å². The quantitative estimate of drug-likeness (QED) is 0.327. The van der Waals surface area contributed by atoms with Crippen LogP contribution in [0.15, 0.2) is 48.5 Å². The molecule has 134 valence electrons. The van der Waals surface area contributed by atoms with Crippen LogP contribution in [0, 0.1) is 0 Å². The Morgan fingerprint density at radius 3 is 1.52 bits per heavy atom. The number of carbonyl (C=O) groups is 1. The fourth-order valence-corrected chi connectivity index (χ4v) is 3.13. The van der Waals surface area contributed by atoms with Gasteiger partial charge in [0.25, 0.3) is 0 Å². The average Bonchev–Trinajstić information content (AvgIpc) is 2.66. The zero-order valence-corrected chi connectivity index (χ0v) is 15.9. The van der Waals surface area contributed by atoms with Crippen molar-refractivity contribution in [2.45, 2.75) is 71.6 Å². The van der Waals surface area contributed by atoms with Gasteiger partial charge in [-0.2, -0.15) is 0 Å². The number of hydrogen-bond acceptors (Lipinski definition) is 1. The normalized spacial score (nSPS) is 10.8. The van der Waals surface area contributed by atoms with E-state index in [4.69, 9.17) is 0 Å². The molecule has 0 atom stereocenters. The van der Waals surface area contributed by atoms with Crippen molar-refractivity contribution in [1.82, 2.24) is 0 Å². The van der Waals surface area contributed by atoms with Crippen molar-refractivity contribution in [2.75, 3.05) is 0 Å². The summed E-state index contributed by atoms with van der Waals surface area (Å²) in [5, 5.41) is 0. The molecule has 2 aromatic carbocycles. The van der Waals surface area contributed by atoms with Crippen molar-refractivity contribution in [2.24, 2.45) is 0 Å². The van der Waals surface area contributed by atoms with Crippen LogP contribution in [0.1, 0.15) is 85.8 Å². The van der Waals surface area contributed by atoms with Crippen molar-refractivity contribution in [1.29, 1.82) is 0 Å². The molecule has 0 spiro atoms. The van der Waals surface area contributed by atoms with Crippen LogP contribution < -0.4 is 0 Å². The van der Waals surface area contributed by atoms with Crippen LogP contribution in [0.5, 0.6) is 0 Å². The zero-order chi connectivity index (χ0) is 17.9. The van der Waals surface area contributed by atoms with Crippen LogP contribution in [0.3, 0.4) is 0 Å². The summed E-state index contributed by atoms with van der Waals surface area (Å²) in [7, 11) is 0. The molecule has 1 heteroatoms. The van der Waals surface area contributed by atoms with Gasteiger partial charge in [0.1, 0.15) is 0 Å². The summed E-state index contributed by atoms with van der Waals surface area (Å²) in [6.07, 6.45) is 11.1. The third-order valence-corrected chi connectivity index (χ3v) is 4.82. The molecule has 0 unspecified atom stereocenters. The smallest absolute Gasteiger partial charge is 0.193 e. The highest BCUT2D eigenvalue weighted by Crippen LogP contribution is 2.15. The molecule has 0 amide bonds. The van der Waals surface area contributed by atoms with Crippen LogP contribution in [-0.4, -0.2) is 5.78 Å². The number of unbranched alkanes of at least 4 members (excludes halogenated alkanes) is 5. The first kappa shape index (κ1) is 19.4. The molecule has 0 aromatic heterocycles. The minimum Gasteiger partial charge on any atom is -0.289 e. The van der Waals surface area contributed by atoms with Gasteiger partial charge in [0.05, 0.1) is 0 Å². The number of carbonyl (C=O) groups excluding carboxylic acids is 1. The summed E-state index contributed by atoms with van der Waals surface area (Å²) in [6.45, 7) is 4.45. The second kappa shape index (κ2) is 10.9. The van der Waals surface area contributed by atoms with Gasteiger partial charge in [-0.1, -0.05) is 94.5 Å². The standard InChI is InChI=1S/C24H32O/c1-3-5-7-8-9-11-21-14-18-23(19-15-21)24(25)22-16-12-20(13-17-22)10-6-4-2/h12-19H,3-11H2,1-2H3. The molecule has 1 nitrogen and oxygen atoms in total. The lowest BCUT2D eigenvalue weighted by molar-refractivity contribution is 0.103. The third-order valence-electron chi connectivity index (χ3n) is 4.82. The summed E-state index contributed by atoms with van der Waals surface area (Å²) in [5.41, 5.74) is 4.23. The molecule has 0 fully saturated rings. The summed E-state index contributed by atoms with van der Waals surface area (Å²) < 4.78 is 0. The fourth-order valence-electron chi connectivity index (χ4n) is 3.13. The second-order valence-corrected chi connectivity index (χ2v) is 6.99. The van der Waals surface area contributed by atoms with Crippen molar-refractivity contribution in [3.8, 4) is 0 Å². The fraction of sp³-hybridized carbons (Fsp3) is 0.458. The number of hydrogen-bond donors (Lipinski definition) is 0. The molecular formula is C24H32O. The molecular weight excluding hydrogens is 304 g/mol. The van der Waals surface area contributed by atoms with E-state index in [1.165, 1.54) is 56.1 Å². The summed E-state index contributed by atoms with van der Waals surface area (Å²) in [4.78, 5) is 12.6. The van der Waals surface area contributed by atoms with Crippen LogP contribution in [0.4, 0.5) is 0 Å². The zero-order valence-electron chi connectivity index (χ0n) is 15.9. The Morgan fingerprint density at radius 1 is 0.600 bits per heavy atom. The Bertz CT molecular complexity index is 622. The first-order valence-corrected chi connectivity index (χ1v) is 9.97. The molecule has 2 aromatic rings. The number of ketones is 1. The molecule has 0 aliphatic heterocycles. The first-order chi connectivity index (χ1) is 12.2. The lowest BCUT2D eigenvalue weighted by Crippen LogP contribution is -2.01. The van der Waals surface area contributed by atoms with E-state index in [1.807, 2.05) is 24.3 Å². The van der Waals surface area contributed by atoms with E-state index in [9.17, 15) is 4.79 Å². The lowest BCUT2D eigenvalue weighted by Gasteiger charge is -2.06. The van der Waals surface area contributed by atoms with Gasteiger partial charge < -0.3 is 0 Å². The molecule has 2 rings (SSSR count). The van der Waals surface area contributed by atoms with Crippen LogP contribution in [-0.2, 0) is 12.8 Å². The van der Waals surface area contributed by atoms with Gasteiger partial charge in [0.15, 0.2) is 5.78 Å². The average molecular weight is 337 g/mol. The van der Waals surface area contributed by atoms with E-state index in [0.717, 1.165) is 24.0 Å². The Balaban J connectivity index is 1.89. The van der Waals surface area contributed by atoms with Crippen molar-refractivity contribution in [3.05, 3.63) is 70.8 Å². The van der Waals surface area contributed by atoms with Gasteiger partial charge in [-0.05, 0) is 36.8 Å². The Hall–Kier alpha value is -1.89. The highest BCUT2D eigenvalue weighted by Gasteiger charge is 2.09. The highest BCUT2D eigenvalue weighted by atomic mass is 16.1. The minimum atomic E-state index is 0.122. The van der Waals surface area contributed by atoms with E-state index in [1.54, 1.807) is 0 Å². The summed E-state index contributed by atoms with van der Waals surface area (Å²) in [6, 6.07) is 16.3. The second-order valence-electron chi connectivity index (χ2n) is 6.99. The lowest BCUT2D eigenvalue weighted by atomic mass is 9.98. The van der Waals surface area contributed by atoms with Crippen LogP contribution in [0.2, 0.25) is 0 Å². The molecule has 25 heavy (non-hydrogen) atoms. The monoisotopic (exact) mass is 336 g/mol. The highest BCUT2D eigenvalue weighted by molar-refractivity contribution is 6.08. The molecule has 0 saturated carbocycles. The molecule has 0 saturated heterocycles. The van der Waals surface area contributed by atoms with Crippen LogP contribution >= 0.6 is 0 Å². The molecule has 0 aliphatic carbocycles. The Labute approximate surface area is 153 Å². The Morgan fingerprint density at radius 2 is 1.04 bits per heavy atom. The maximum absolute atomic E-state index is 12.6. The van der Waals surface area contributed by atoms with Crippen molar-refractivity contribution < 1.29 is 4.79 Å². The number of rotatable bonds is 11. The molecule has 0 N–H and O–H groups in total. The molecule has 0 heterocycles. The minimum absolute atomic E-state index is 0.122. The van der Waals surface area contributed by atoms with Gasteiger partial charge in [-0.15, -0.1) is 0 Å². The summed E-state index contributed by atoms with van der Waals surface area (Å²) in [5.74, 6) is 0.122. The van der Waals surface area contributed by atoms with Gasteiger partial charge >= 0.3 is 0 Å². The van der Waals surface area contributed by atoms with E-state index in [2.05, 4.69) is 38.1 Å². The topological polar surface area (TPSA) is 17.1 Å². The van der Waals surface area contributed by atoms with Gasteiger partial charge in [-0.3, -0.25) is 4.79 Å². The van der Waals surface area contributed by atoms with E-state index < -0.39 is 0 Å². The summed E-state index contributed by atoms with van der Waals surface area (Å²) >= 11 is 0. The largest absolute Gasteiger partial charge is 0.289 e. The van der Waals surface area contributed by atoms with Crippen molar-refractivity contribution >= 4 is 5.78 Å². The predicted molar refractivity (Wildman–Crippen MR) is 107 cm³/mol. The van der Waals surface area contributed by atoms with Crippen LogP contribution in [0.25, 0.3) is 0 Å². The van der Waals surface area contributed by atoms with E-state index in [-0.39, 0.29) is 5.78 Å². The Kier molecular flexibility index (Phi) is 8.45. The van der Waals surface area contributed by atoms with Crippen molar-refractivity contribution in [3.63, 3.8) is 0 Å². The predicted octanol–water partition coefficient (Wildman–Crippen LogP) is 6.77. The first-order valence-electron chi connectivity index (χ1n) is 9.97. The molecule has 0 radical (unpaired) electrons. The number of benzene rings is 2. The number of aryl methyl sites for hydroxylation is 2. The third kappa shape index (κ3) is 6.49. The SMILES string of the molecule is CCCCCCCc1ccc(C(=O)c2ccc(CCCC)cc2)cc1.